The first-order valence-electron chi connectivity index (χ1n) is 5.59. The van der Waals surface area contributed by atoms with E-state index in [4.69, 9.17) is 9.47 Å². The third-order valence-corrected chi connectivity index (χ3v) is 2.15. The quantitative estimate of drug-likeness (QED) is 0.545. The molecule has 1 aliphatic rings. The summed E-state index contributed by atoms with van der Waals surface area (Å²) in [6.07, 6.45) is 3.31. The Balaban J connectivity index is 2.52. The largest absolute Gasteiger partial charge is 0.463 e. The number of nitrogens with zero attached hydrogens (tertiary/aromatic N) is 1. The molecule has 1 amide bonds. The highest BCUT2D eigenvalue weighted by Crippen LogP contribution is 2.16. The van der Waals surface area contributed by atoms with Crippen molar-refractivity contribution in [1.29, 1.82) is 0 Å². The minimum atomic E-state index is -0.522. The van der Waals surface area contributed by atoms with E-state index in [9.17, 15) is 9.59 Å². The van der Waals surface area contributed by atoms with Gasteiger partial charge in [0.25, 0.3) is 0 Å². The summed E-state index contributed by atoms with van der Waals surface area (Å²) in [7, 11) is 0. The molecular formula is C12H19NO4. The van der Waals surface area contributed by atoms with E-state index in [1.54, 1.807) is 0 Å². The van der Waals surface area contributed by atoms with E-state index in [0.29, 0.717) is 6.54 Å². The van der Waals surface area contributed by atoms with Crippen LogP contribution in [-0.2, 0) is 14.3 Å². The molecule has 0 aromatic carbocycles. The maximum atomic E-state index is 11.8. The van der Waals surface area contributed by atoms with Gasteiger partial charge in [-0.25, -0.2) is 4.79 Å². The molecule has 96 valence electrons. The summed E-state index contributed by atoms with van der Waals surface area (Å²) in [6, 6.07) is -0.228. The fraction of sp³-hybridized carbons (Fsp3) is 0.667. The van der Waals surface area contributed by atoms with E-state index < -0.39 is 5.60 Å². The monoisotopic (exact) mass is 241 g/mol. The molecule has 0 aromatic rings. The summed E-state index contributed by atoms with van der Waals surface area (Å²) in [5.74, 6) is -0.352. The molecule has 0 aromatic heterocycles. The number of ether oxygens (including phenoxy) is 2. The molecule has 0 saturated carbocycles. The number of carbonyl (C=O) groups is 2. The van der Waals surface area contributed by atoms with Crippen molar-refractivity contribution >= 4 is 12.1 Å². The number of hydrogen-bond donors (Lipinski definition) is 0. The van der Waals surface area contributed by atoms with Gasteiger partial charge in [0.2, 0.25) is 0 Å². The maximum absolute atomic E-state index is 11.8. The highest BCUT2D eigenvalue weighted by molar-refractivity contribution is 5.70. The summed E-state index contributed by atoms with van der Waals surface area (Å²) in [5.41, 5.74) is -0.522. The predicted molar refractivity (Wildman–Crippen MR) is 62.5 cm³/mol. The SMILES string of the molecule is CC(=O)OCC1C=CCN1C(=O)OC(C)(C)C. The fourth-order valence-corrected chi connectivity index (χ4v) is 1.45. The van der Waals surface area contributed by atoms with E-state index in [1.165, 1.54) is 11.8 Å². The summed E-state index contributed by atoms with van der Waals surface area (Å²) in [6.45, 7) is 7.45. The van der Waals surface area contributed by atoms with Crippen molar-refractivity contribution in [3.8, 4) is 0 Å². The lowest BCUT2D eigenvalue weighted by molar-refractivity contribution is -0.142. The summed E-state index contributed by atoms with van der Waals surface area (Å²) < 4.78 is 10.2. The van der Waals surface area contributed by atoms with Gasteiger partial charge in [0.05, 0.1) is 6.04 Å². The number of hydrogen-bond acceptors (Lipinski definition) is 4. The van der Waals surface area contributed by atoms with Gasteiger partial charge in [0, 0.05) is 13.5 Å². The topological polar surface area (TPSA) is 55.8 Å². The molecule has 17 heavy (non-hydrogen) atoms. The lowest BCUT2D eigenvalue weighted by Gasteiger charge is -2.28. The minimum Gasteiger partial charge on any atom is -0.463 e. The van der Waals surface area contributed by atoms with Gasteiger partial charge in [-0.1, -0.05) is 12.2 Å². The molecule has 0 radical (unpaired) electrons. The van der Waals surface area contributed by atoms with Crippen LogP contribution in [0.5, 0.6) is 0 Å². The van der Waals surface area contributed by atoms with E-state index in [0.717, 1.165) is 0 Å². The summed E-state index contributed by atoms with van der Waals surface area (Å²) in [4.78, 5) is 24.1. The zero-order valence-electron chi connectivity index (χ0n) is 10.7. The Labute approximate surface area is 101 Å². The van der Waals surface area contributed by atoms with Crippen molar-refractivity contribution in [2.45, 2.75) is 39.3 Å². The van der Waals surface area contributed by atoms with Crippen LogP contribution < -0.4 is 0 Å². The Morgan fingerprint density at radius 2 is 2.06 bits per heavy atom. The smallest absolute Gasteiger partial charge is 0.411 e. The number of amides is 1. The normalized spacial score (nSPS) is 19.3. The van der Waals surface area contributed by atoms with Crippen LogP contribution in [0.25, 0.3) is 0 Å². The van der Waals surface area contributed by atoms with E-state index >= 15 is 0 Å². The van der Waals surface area contributed by atoms with Gasteiger partial charge in [-0.2, -0.15) is 0 Å². The molecule has 0 aliphatic carbocycles. The average Bonchev–Trinajstić information content (AvgIpc) is 2.59. The molecule has 1 rings (SSSR count). The molecular weight excluding hydrogens is 222 g/mol. The Morgan fingerprint density at radius 1 is 1.41 bits per heavy atom. The molecule has 5 nitrogen and oxygen atoms in total. The molecule has 5 heteroatoms. The van der Waals surface area contributed by atoms with E-state index in [-0.39, 0.29) is 24.7 Å². The van der Waals surface area contributed by atoms with Crippen LogP contribution in [0.2, 0.25) is 0 Å². The number of carbonyl (C=O) groups excluding carboxylic acids is 2. The summed E-state index contributed by atoms with van der Waals surface area (Å²) >= 11 is 0. The van der Waals surface area contributed by atoms with Crippen LogP contribution >= 0.6 is 0 Å². The first kappa shape index (κ1) is 13.5. The fourth-order valence-electron chi connectivity index (χ4n) is 1.45. The molecule has 0 fully saturated rings. The van der Waals surface area contributed by atoms with E-state index in [2.05, 4.69) is 0 Å². The number of rotatable bonds is 2. The lowest BCUT2D eigenvalue weighted by atomic mass is 10.2. The van der Waals surface area contributed by atoms with Crippen molar-refractivity contribution in [2.75, 3.05) is 13.2 Å². The molecule has 0 bridgehead atoms. The van der Waals surface area contributed by atoms with E-state index in [1.807, 2.05) is 32.9 Å². The number of esters is 1. The van der Waals surface area contributed by atoms with Crippen LogP contribution in [0.4, 0.5) is 4.79 Å². The van der Waals surface area contributed by atoms with Crippen LogP contribution in [0.1, 0.15) is 27.7 Å². The Hall–Kier alpha value is -1.52. The Bertz CT molecular complexity index is 330. The van der Waals surface area contributed by atoms with Gasteiger partial charge in [0.15, 0.2) is 0 Å². The van der Waals surface area contributed by atoms with Gasteiger partial charge in [-0.15, -0.1) is 0 Å². The van der Waals surface area contributed by atoms with Crippen LogP contribution in [0, 0.1) is 0 Å². The molecule has 0 spiro atoms. The van der Waals surface area contributed by atoms with Gasteiger partial charge in [0.1, 0.15) is 12.2 Å². The third kappa shape index (κ3) is 4.46. The zero-order chi connectivity index (χ0) is 13.1. The second kappa shape index (κ2) is 5.21. The molecule has 0 N–H and O–H groups in total. The highest BCUT2D eigenvalue weighted by atomic mass is 16.6. The van der Waals surface area contributed by atoms with Crippen LogP contribution in [0.15, 0.2) is 12.2 Å². The van der Waals surface area contributed by atoms with Crippen LogP contribution in [-0.4, -0.2) is 41.8 Å². The van der Waals surface area contributed by atoms with Crippen molar-refractivity contribution in [3.63, 3.8) is 0 Å². The average molecular weight is 241 g/mol. The van der Waals surface area contributed by atoms with Gasteiger partial charge in [-0.3, -0.25) is 9.69 Å². The third-order valence-electron chi connectivity index (χ3n) is 2.15. The molecule has 1 heterocycles. The van der Waals surface area contributed by atoms with Crippen molar-refractivity contribution in [3.05, 3.63) is 12.2 Å². The van der Waals surface area contributed by atoms with Gasteiger partial charge < -0.3 is 9.47 Å². The van der Waals surface area contributed by atoms with Crippen molar-refractivity contribution in [2.24, 2.45) is 0 Å². The molecule has 1 atom stereocenters. The Morgan fingerprint density at radius 3 is 2.59 bits per heavy atom. The van der Waals surface area contributed by atoms with Crippen molar-refractivity contribution in [1.82, 2.24) is 4.90 Å². The minimum absolute atomic E-state index is 0.172. The maximum Gasteiger partial charge on any atom is 0.411 e. The zero-order valence-corrected chi connectivity index (χ0v) is 10.7. The standard InChI is InChI=1S/C12H19NO4/c1-9(14)16-8-10-6-5-7-13(10)11(15)17-12(2,3)4/h5-6,10H,7-8H2,1-4H3. The first-order valence-corrected chi connectivity index (χ1v) is 5.59. The second-order valence-electron chi connectivity index (χ2n) is 4.93. The summed E-state index contributed by atoms with van der Waals surface area (Å²) in [5, 5.41) is 0. The van der Waals surface area contributed by atoms with Crippen LogP contribution in [0.3, 0.4) is 0 Å². The molecule has 1 unspecified atom stereocenters. The van der Waals surface area contributed by atoms with Crippen molar-refractivity contribution < 1.29 is 19.1 Å². The first-order chi connectivity index (χ1) is 7.79. The van der Waals surface area contributed by atoms with Gasteiger partial charge in [-0.05, 0) is 20.8 Å². The lowest BCUT2D eigenvalue weighted by Crippen LogP contribution is -2.42. The molecule has 0 saturated heterocycles. The highest BCUT2D eigenvalue weighted by Gasteiger charge is 2.29. The van der Waals surface area contributed by atoms with Gasteiger partial charge >= 0.3 is 12.1 Å². The predicted octanol–water partition coefficient (Wildman–Crippen LogP) is 1.72. The molecule has 1 aliphatic heterocycles. The second-order valence-corrected chi connectivity index (χ2v) is 4.93. The Kier molecular flexibility index (Phi) is 4.15.